The highest BCUT2D eigenvalue weighted by Crippen LogP contribution is 2.29. The maximum atomic E-state index is 5.45. The van der Waals surface area contributed by atoms with Gasteiger partial charge in [-0.2, -0.15) is 0 Å². The van der Waals surface area contributed by atoms with Crippen LogP contribution in [-0.4, -0.2) is 32.4 Å². The fourth-order valence-corrected chi connectivity index (χ4v) is 2.43. The Bertz CT molecular complexity index is 712. The number of aromatic nitrogens is 1. The largest absolute Gasteiger partial charge is 0.497 e. The third-order valence-corrected chi connectivity index (χ3v) is 3.88. The summed E-state index contributed by atoms with van der Waals surface area (Å²) in [4.78, 5) is 4.25. The van der Waals surface area contributed by atoms with Crippen molar-refractivity contribution in [1.82, 2.24) is 15.8 Å². The molecular formula is C18H26N4O3. The molecule has 0 aliphatic carbocycles. The van der Waals surface area contributed by atoms with Gasteiger partial charge in [0, 0.05) is 18.7 Å². The Morgan fingerprint density at radius 2 is 2.08 bits per heavy atom. The van der Waals surface area contributed by atoms with E-state index < -0.39 is 0 Å². The lowest BCUT2D eigenvalue weighted by Crippen LogP contribution is -2.38. The Balaban J connectivity index is 2.03. The summed E-state index contributed by atoms with van der Waals surface area (Å²) in [6, 6.07) is 7.63. The molecule has 2 N–H and O–H groups in total. The highest BCUT2D eigenvalue weighted by molar-refractivity contribution is 5.80. The molecule has 0 saturated heterocycles. The molecule has 1 aromatic carbocycles. The second kappa shape index (κ2) is 8.96. The zero-order valence-electron chi connectivity index (χ0n) is 15.4. The molecule has 0 aliphatic heterocycles. The number of aliphatic imine (C=N–C) groups is 1. The summed E-state index contributed by atoms with van der Waals surface area (Å²) in [7, 11) is 5.02. The van der Waals surface area contributed by atoms with E-state index in [4.69, 9.17) is 14.0 Å². The first-order valence-electron chi connectivity index (χ1n) is 8.24. The maximum Gasteiger partial charge on any atom is 0.191 e. The fourth-order valence-electron chi connectivity index (χ4n) is 2.43. The van der Waals surface area contributed by atoms with Crippen LogP contribution in [-0.2, 0) is 13.0 Å². The molecule has 0 bridgehead atoms. The van der Waals surface area contributed by atoms with Crippen molar-refractivity contribution in [3.63, 3.8) is 0 Å². The average molecular weight is 346 g/mol. The molecule has 1 atom stereocenters. The lowest BCUT2D eigenvalue weighted by atomic mass is 10.1. The summed E-state index contributed by atoms with van der Waals surface area (Å²) in [6.45, 7) is 4.58. The number of aryl methyl sites for hydroxylation is 1. The van der Waals surface area contributed by atoms with E-state index in [-0.39, 0.29) is 6.04 Å². The fraction of sp³-hybridized carbons (Fsp3) is 0.444. The monoisotopic (exact) mass is 346 g/mol. The normalized spacial score (nSPS) is 12.6. The van der Waals surface area contributed by atoms with E-state index in [0.29, 0.717) is 12.5 Å². The Morgan fingerprint density at radius 3 is 2.68 bits per heavy atom. The Kier molecular flexibility index (Phi) is 6.68. The molecule has 0 aliphatic rings. The minimum atomic E-state index is -0.0304. The van der Waals surface area contributed by atoms with Gasteiger partial charge in [-0.1, -0.05) is 12.1 Å². The molecule has 0 spiro atoms. The quantitative estimate of drug-likeness (QED) is 0.593. The van der Waals surface area contributed by atoms with Gasteiger partial charge >= 0.3 is 0 Å². The van der Waals surface area contributed by atoms with Crippen LogP contribution in [0.4, 0.5) is 0 Å². The first-order valence-corrected chi connectivity index (χ1v) is 8.24. The second-order valence-electron chi connectivity index (χ2n) is 5.54. The van der Waals surface area contributed by atoms with Crippen molar-refractivity contribution < 1.29 is 14.0 Å². The predicted molar refractivity (Wildman–Crippen MR) is 97.2 cm³/mol. The summed E-state index contributed by atoms with van der Waals surface area (Å²) in [6.07, 6.45) is 0.850. The van der Waals surface area contributed by atoms with Crippen LogP contribution < -0.4 is 20.1 Å². The Hall–Kier alpha value is -2.70. The summed E-state index contributed by atoms with van der Waals surface area (Å²) in [5.74, 6) is 3.00. The van der Waals surface area contributed by atoms with Crippen LogP contribution in [0.5, 0.6) is 11.5 Å². The number of guanidine groups is 1. The summed E-state index contributed by atoms with van der Waals surface area (Å²) in [5, 5.41) is 10.5. The van der Waals surface area contributed by atoms with Gasteiger partial charge in [0.1, 0.15) is 11.5 Å². The van der Waals surface area contributed by atoms with Crippen molar-refractivity contribution in [2.24, 2.45) is 4.99 Å². The van der Waals surface area contributed by atoms with E-state index in [1.165, 1.54) is 0 Å². The molecule has 1 unspecified atom stereocenters. The van der Waals surface area contributed by atoms with E-state index in [9.17, 15) is 0 Å². The molecule has 136 valence electrons. The van der Waals surface area contributed by atoms with Gasteiger partial charge in [0.15, 0.2) is 11.7 Å². The molecule has 7 nitrogen and oxygen atoms in total. The number of benzene rings is 1. The molecule has 2 aromatic rings. The van der Waals surface area contributed by atoms with Gasteiger partial charge in [-0.15, -0.1) is 0 Å². The highest BCUT2D eigenvalue weighted by atomic mass is 16.5. The number of hydrogen-bond donors (Lipinski definition) is 2. The first-order chi connectivity index (χ1) is 12.1. The average Bonchev–Trinajstić information content (AvgIpc) is 3.12. The van der Waals surface area contributed by atoms with Gasteiger partial charge in [0.25, 0.3) is 0 Å². The van der Waals surface area contributed by atoms with Gasteiger partial charge in [0.2, 0.25) is 0 Å². The molecule has 1 heterocycles. The zero-order valence-corrected chi connectivity index (χ0v) is 15.4. The lowest BCUT2D eigenvalue weighted by Gasteiger charge is -2.20. The van der Waals surface area contributed by atoms with Gasteiger partial charge in [-0.3, -0.25) is 4.99 Å². The molecule has 2 rings (SSSR count). The third-order valence-electron chi connectivity index (χ3n) is 3.88. The Morgan fingerprint density at radius 1 is 1.28 bits per heavy atom. The van der Waals surface area contributed by atoms with E-state index >= 15 is 0 Å². The second-order valence-corrected chi connectivity index (χ2v) is 5.54. The molecule has 0 fully saturated rings. The molecule has 0 radical (unpaired) electrons. The maximum absolute atomic E-state index is 5.45. The smallest absolute Gasteiger partial charge is 0.191 e. The molecular weight excluding hydrogens is 320 g/mol. The number of ether oxygens (including phenoxy) is 2. The zero-order chi connectivity index (χ0) is 18.2. The number of hydrogen-bond acceptors (Lipinski definition) is 5. The lowest BCUT2D eigenvalue weighted by molar-refractivity contribution is 0.374. The highest BCUT2D eigenvalue weighted by Gasteiger charge is 2.14. The summed E-state index contributed by atoms with van der Waals surface area (Å²) in [5.41, 5.74) is 1.92. The summed E-state index contributed by atoms with van der Waals surface area (Å²) < 4.78 is 16.0. The van der Waals surface area contributed by atoms with E-state index in [1.54, 1.807) is 21.3 Å². The number of methoxy groups -OCH3 is 2. The SMILES string of the molecule is CCc1cc(CNC(=NC)NC(C)c2cc(OC)ccc2OC)on1. The van der Waals surface area contributed by atoms with Crippen LogP contribution in [0.15, 0.2) is 33.8 Å². The standard InChI is InChI=1S/C18H26N4O3/c1-6-13-9-15(25-22-13)11-20-18(19-3)21-12(2)16-10-14(23-4)7-8-17(16)24-5/h7-10,12H,6,11H2,1-5H3,(H2,19,20,21). The van der Waals surface area contributed by atoms with Crippen molar-refractivity contribution >= 4 is 5.96 Å². The number of nitrogens with zero attached hydrogens (tertiary/aromatic N) is 2. The topological polar surface area (TPSA) is 80.9 Å². The van der Waals surface area contributed by atoms with E-state index in [1.807, 2.05) is 38.1 Å². The molecule has 0 saturated carbocycles. The van der Waals surface area contributed by atoms with Gasteiger partial charge in [-0.25, -0.2) is 0 Å². The molecule has 7 heteroatoms. The van der Waals surface area contributed by atoms with Crippen molar-refractivity contribution in [3.05, 3.63) is 41.3 Å². The Labute approximate surface area is 148 Å². The van der Waals surface area contributed by atoms with Crippen LogP contribution in [0.1, 0.15) is 36.9 Å². The molecule has 25 heavy (non-hydrogen) atoms. The third kappa shape index (κ3) is 4.89. The van der Waals surface area contributed by atoms with Crippen LogP contribution in [0.3, 0.4) is 0 Å². The van der Waals surface area contributed by atoms with Crippen LogP contribution in [0, 0.1) is 0 Å². The van der Waals surface area contributed by atoms with E-state index in [2.05, 4.69) is 20.8 Å². The number of rotatable bonds is 7. The van der Waals surface area contributed by atoms with E-state index in [0.717, 1.165) is 34.9 Å². The van der Waals surface area contributed by atoms with Gasteiger partial charge in [-0.05, 0) is 31.5 Å². The molecule has 1 aromatic heterocycles. The number of nitrogens with one attached hydrogen (secondary N) is 2. The van der Waals surface area contributed by atoms with Crippen molar-refractivity contribution in [1.29, 1.82) is 0 Å². The molecule has 0 amide bonds. The first kappa shape index (κ1) is 18.6. The van der Waals surface area contributed by atoms with Crippen LogP contribution >= 0.6 is 0 Å². The minimum Gasteiger partial charge on any atom is -0.497 e. The van der Waals surface area contributed by atoms with Gasteiger partial charge in [0.05, 0.1) is 32.5 Å². The van der Waals surface area contributed by atoms with Crippen molar-refractivity contribution in [2.45, 2.75) is 32.9 Å². The van der Waals surface area contributed by atoms with Crippen molar-refractivity contribution in [3.8, 4) is 11.5 Å². The van der Waals surface area contributed by atoms with Gasteiger partial charge < -0.3 is 24.6 Å². The van der Waals surface area contributed by atoms with Crippen molar-refractivity contribution in [2.75, 3.05) is 21.3 Å². The predicted octanol–water partition coefficient (Wildman–Crippen LogP) is 2.68. The summed E-state index contributed by atoms with van der Waals surface area (Å²) >= 11 is 0. The minimum absolute atomic E-state index is 0.0304. The van der Waals surface area contributed by atoms with Crippen LogP contribution in [0.2, 0.25) is 0 Å². The van der Waals surface area contributed by atoms with Crippen LogP contribution in [0.25, 0.3) is 0 Å².